The van der Waals surface area contributed by atoms with Gasteiger partial charge in [0.25, 0.3) is 0 Å². The molecular formula is C57H51N5. The van der Waals surface area contributed by atoms with Crippen molar-refractivity contribution in [3.05, 3.63) is 251 Å². The summed E-state index contributed by atoms with van der Waals surface area (Å²) in [7, 11) is 0. The number of rotatable bonds is 13. The van der Waals surface area contributed by atoms with Gasteiger partial charge in [0.2, 0.25) is 0 Å². The molecule has 0 aliphatic rings. The van der Waals surface area contributed by atoms with Crippen molar-refractivity contribution in [2.75, 3.05) is 0 Å². The molecule has 5 nitrogen and oxygen atoms in total. The molecule has 0 radical (unpaired) electrons. The summed E-state index contributed by atoms with van der Waals surface area (Å²) in [6.45, 7) is 17.0. The lowest BCUT2D eigenvalue weighted by Gasteiger charge is -2.16. The van der Waals surface area contributed by atoms with Crippen LogP contribution >= 0.6 is 0 Å². The van der Waals surface area contributed by atoms with Crippen LogP contribution in [0.4, 0.5) is 0 Å². The number of nitrogens with zero attached hydrogens (tertiary/aromatic N) is 4. The van der Waals surface area contributed by atoms with E-state index in [0.29, 0.717) is 23.8 Å². The van der Waals surface area contributed by atoms with Crippen molar-refractivity contribution in [2.24, 2.45) is 20.7 Å². The summed E-state index contributed by atoms with van der Waals surface area (Å²) in [5.41, 5.74) is 22.0. The highest BCUT2D eigenvalue weighted by atomic mass is 14.9. The Morgan fingerprint density at radius 2 is 1.27 bits per heavy atom. The quantitative estimate of drug-likeness (QED) is 0.0716. The number of hydrogen-bond donors (Lipinski definition) is 1. The summed E-state index contributed by atoms with van der Waals surface area (Å²) < 4.78 is 0. The average Bonchev–Trinajstić information content (AvgIpc) is 3.32. The average molecular weight is 806 g/mol. The minimum absolute atomic E-state index is 0.469. The smallest absolute Gasteiger partial charge is 0.155 e. The van der Waals surface area contributed by atoms with Crippen LogP contribution in [-0.2, 0) is 6.54 Å². The third kappa shape index (κ3) is 9.98. The highest BCUT2D eigenvalue weighted by Crippen LogP contribution is 2.31. The topological polar surface area (TPSA) is 76.0 Å². The maximum atomic E-state index is 6.88. The van der Waals surface area contributed by atoms with Gasteiger partial charge < -0.3 is 5.73 Å². The minimum atomic E-state index is 0.469. The molecule has 0 aliphatic heterocycles. The predicted molar refractivity (Wildman–Crippen MR) is 265 cm³/mol. The van der Waals surface area contributed by atoms with E-state index in [4.69, 9.17) is 20.7 Å². The maximum Gasteiger partial charge on any atom is 0.155 e. The van der Waals surface area contributed by atoms with Crippen molar-refractivity contribution in [1.82, 2.24) is 4.98 Å². The number of aliphatic imine (C=N–C) groups is 3. The lowest BCUT2D eigenvalue weighted by atomic mass is 9.95. The van der Waals surface area contributed by atoms with Gasteiger partial charge in [-0.05, 0) is 78.4 Å². The Morgan fingerprint density at radius 3 is 1.97 bits per heavy atom. The summed E-state index contributed by atoms with van der Waals surface area (Å²) in [5, 5.41) is 2.07. The first-order valence-corrected chi connectivity index (χ1v) is 20.8. The van der Waals surface area contributed by atoms with Crippen LogP contribution in [0.25, 0.3) is 39.0 Å². The normalized spacial score (nSPS) is 13.0. The second-order valence-corrected chi connectivity index (χ2v) is 15.1. The van der Waals surface area contributed by atoms with Crippen molar-refractivity contribution < 1.29 is 0 Å². The summed E-state index contributed by atoms with van der Waals surface area (Å²) >= 11 is 0. The molecule has 2 N–H and O–H groups in total. The van der Waals surface area contributed by atoms with Crippen molar-refractivity contribution in [1.29, 1.82) is 0 Å². The third-order valence-corrected chi connectivity index (χ3v) is 10.9. The van der Waals surface area contributed by atoms with Crippen LogP contribution in [0, 0.1) is 6.92 Å². The molecule has 0 atom stereocenters. The van der Waals surface area contributed by atoms with Gasteiger partial charge in [0, 0.05) is 51.0 Å². The number of benzene rings is 6. The van der Waals surface area contributed by atoms with E-state index in [1.54, 1.807) is 6.08 Å². The molecular weight excluding hydrogens is 755 g/mol. The molecule has 0 saturated heterocycles. The van der Waals surface area contributed by atoms with E-state index in [1.807, 2.05) is 80.7 Å². The predicted octanol–water partition coefficient (Wildman–Crippen LogP) is 13.7. The molecule has 5 heteroatoms. The molecule has 0 amide bonds. The fourth-order valence-electron chi connectivity index (χ4n) is 7.37. The van der Waals surface area contributed by atoms with Crippen molar-refractivity contribution >= 4 is 45.0 Å². The number of hydrogen-bond acceptors (Lipinski definition) is 4. The third-order valence-electron chi connectivity index (χ3n) is 10.9. The van der Waals surface area contributed by atoms with E-state index in [1.165, 1.54) is 5.57 Å². The van der Waals surface area contributed by atoms with Gasteiger partial charge in [-0.2, -0.15) is 0 Å². The van der Waals surface area contributed by atoms with Crippen LogP contribution in [0.15, 0.2) is 222 Å². The van der Waals surface area contributed by atoms with Crippen LogP contribution in [-0.4, -0.2) is 22.2 Å². The Bertz CT molecular complexity index is 2910. The highest BCUT2D eigenvalue weighted by molar-refractivity contribution is 6.19. The molecule has 1 aromatic heterocycles. The number of amidine groups is 1. The second kappa shape index (κ2) is 20.0. The molecule has 0 aliphatic carbocycles. The van der Waals surface area contributed by atoms with Crippen LogP contribution in [0.3, 0.4) is 0 Å². The van der Waals surface area contributed by atoms with E-state index < -0.39 is 0 Å². The van der Waals surface area contributed by atoms with Gasteiger partial charge in [-0.3, -0.25) is 9.98 Å². The Balaban J connectivity index is 1.27. The van der Waals surface area contributed by atoms with E-state index >= 15 is 0 Å². The molecule has 1 heterocycles. The number of aromatic nitrogens is 1. The minimum Gasteiger partial charge on any atom is -0.398 e. The molecule has 304 valence electrons. The zero-order valence-corrected chi connectivity index (χ0v) is 35.9. The number of allylic oxidation sites excluding steroid dienone is 6. The maximum absolute atomic E-state index is 6.88. The molecule has 0 saturated carbocycles. The van der Waals surface area contributed by atoms with Crippen LogP contribution in [0.5, 0.6) is 0 Å². The van der Waals surface area contributed by atoms with Gasteiger partial charge in [-0.15, -0.1) is 0 Å². The largest absolute Gasteiger partial charge is 0.398 e. The molecule has 7 aromatic rings. The molecule has 0 unspecified atom stereocenters. The fraction of sp³-hybridized carbons (Fsp3) is 0.0877. The Kier molecular flexibility index (Phi) is 13.7. The lowest BCUT2D eigenvalue weighted by Crippen LogP contribution is -2.11. The molecule has 0 bridgehead atoms. The summed E-state index contributed by atoms with van der Waals surface area (Å²) in [6.07, 6.45) is 9.59. The fourth-order valence-corrected chi connectivity index (χ4v) is 7.37. The number of nitrogens with two attached hydrogens (primary N) is 1. The van der Waals surface area contributed by atoms with Crippen molar-refractivity contribution in [3.8, 4) is 11.3 Å². The molecule has 0 spiro atoms. The SMILES string of the molecule is C=C/C=C\C=C(/C)c1ccc(CN=C(N=C(C)c2ccc(C(=C)N=C(/C(C)=C(\N)c3ccccc3C)c3ccccc3)c3ccccc23)c2ccc(-c3ccccn3)cc2)cc1. The molecule has 0 fully saturated rings. The van der Waals surface area contributed by atoms with Crippen molar-refractivity contribution in [2.45, 2.75) is 34.2 Å². The van der Waals surface area contributed by atoms with Gasteiger partial charge in [0.05, 0.1) is 23.6 Å². The van der Waals surface area contributed by atoms with E-state index in [2.05, 4.69) is 147 Å². The van der Waals surface area contributed by atoms with E-state index in [9.17, 15) is 0 Å². The Labute approximate surface area is 366 Å². The van der Waals surface area contributed by atoms with Gasteiger partial charge in [0.15, 0.2) is 5.84 Å². The second-order valence-electron chi connectivity index (χ2n) is 15.1. The van der Waals surface area contributed by atoms with Gasteiger partial charge in [0.1, 0.15) is 0 Å². The van der Waals surface area contributed by atoms with Gasteiger partial charge in [-0.25, -0.2) is 9.98 Å². The van der Waals surface area contributed by atoms with Crippen LogP contribution in [0.2, 0.25) is 0 Å². The molecule has 7 rings (SSSR count). The standard InChI is InChI=1S/C57H51N5/c1-7-8-10-19-39(2)45-29-27-44(28-30-45)38-60-57(48-33-31-46(32-34-48)54-26-17-18-37-59-54)62-43(6)51-36-35-50(52-24-15-16-25-53(51)52)42(5)61-56(47-21-11-9-12-22-47)41(4)55(58)49-23-14-13-20-40(49)3/h7-37H,1,5,38,58H2,2-4,6H3/b10-8-,39-19+,55-41-,60-57?,61-56?,62-43?. The Hall–Kier alpha value is -7.76. The highest BCUT2D eigenvalue weighted by Gasteiger charge is 2.16. The van der Waals surface area contributed by atoms with Crippen molar-refractivity contribution in [3.63, 3.8) is 0 Å². The summed E-state index contributed by atoms with van der Waals surface area (Å²) in [5.74, 6) is 0.646. The van der Waals surface area contributed by atoms with Gasteiger partial charge >= 0.3 is 0 Å². The van der Waals surface area contributed by atoms with Crippen LogP contribution in [0.1, 0.15) is 65.3 Å². The van der Waals surface area contributed by atoms with Gasteiger partial charge in [-0.1, -0.05) is 183 Å². The lowest BCUT2D eigenvalue weighted by molar-refractivity contribution is 1.06. The first-order valence-electron chi connectivity index (χ1n) is 20.8. The summed E-state index contributed by atoms with van der Waals surface area (Å²) in [4.78, 5) is 20.2. The zero-order valence-electron chi connectivity index (χ0n) is 35.9. The van der Waals surface area contributed by atoms with Crippen LogP contribution < -0.4 is 5.73 Å². The number of pyridine rings is 1. The first kappa shape index (κ1) is 42.4. The zero-order chi connectivity index (χ0) is 43.4. The Morgan fingerprint density at radius 1 is 0.629 bits per heavy atom. The first-order chi connectivity index (χ1) is 30.2. The summed E-state index contributed by atoms with van der Waals surface area (Å²) in [6, 6.07) is 53.7. The number of fused-ring (bicyclic) bond motifs is 1. The molecule has 62 heavy (non-hydrogen) atoms. The van der Waals surface area contributed by atoms with E-state index in [0.717, 1.165) is 83.5 Å². The van der Waals surface area contributed by atoms with E-state index in [-0.39, 0.29) is 0 Å². The monoisotopic (exact) mass is 805 g/mol. The molecule has 6 aromatic carbocycles. The number of aryl methyl sites for hydroxylation is 1.